The van der Waals surface area contributed by atoms with Crippen LogP contribution in [0.3, 0.4) is 0 Å². The van der Waals surface area contributed by atoms with E-state index < -0.39 is 0 Å². The third-order valence-electron chi connectivity index (χ3n) is 8.23. The summed E-state index contributed by atoms with van der Waals surface area (Å²) in [5, 5.41) is 5.48. The molecule has 0 aromatic heterocycles. The fourth-order valence-corrected chi connectivity index (χ4v) is 5.56. The van der Waals surface area contributed by atoms with Gasteiger partial charge in [0.1, 0.15) is 0 Å². The summed E-state index contributed by atoms with van der Waals surface area (Å²) in [5.41, 5.74) is 14.0. The van der Waals surface area contributed by atoms with Crippen molar-refractivity contribution in [3.05, 3.63) is 130 Å². The average molecular weight is 715 g/mol. The zero-order chi connectivity index (χ0) is 30.4. The summed E-state index contributed by atoms with van der Waals surface area (Å²) in [5.74, 6) is 0. The molecule has 0 fully saturated rings. The number of fused-ring (bicyclic) bond motifs is 2. The molecule has 0 heterocycles. The van der Waals surface area contributed by atoms with Crippen LogP contribution in [0.5, 0.6) is 0 Å². The van der Waals surface area contributed by atoms with Crippen LogP contribution in [0.15, 0.2) is 97.1 Å². The van der Waals surface area contributed by atoms with Crippen molar-refractivity contribution in [2.24, 2.45) is 0 Å². The summed E-state index contributed by atoms with van der Waals surface area (Å²) in [4.78, 5) is 0. The Morgan fingerprint density at radius 1 is 0.545 bits per heavy atom. The van der Waals surface area contributed by atoms with Gasteiger partial charge < -0.3 is 24.8 Å². The van der Waals surface area contributed by atoms with Gasteiger partial charge in [0.2, 0.25) is 0 Å². The van der Waals surface area contributed by atoms with Gasteiger partial charge in [-0.05, 0) is 73.9 Å². The van der Waals surface area contributed by atoms with Crippen molar-refractivity contribution in [3.8, 4) is 22.3 Å². The molecular weight excluding hydrogens is 671 g/mol. The average Bonchev–Trinajstić information content (AvgIpc) is 3.60. The molecule has 0 amide bonds. The molecule has 0 saturated heterocycles. The molecule has 0 radical (unpaired) electrons. The van der Waals surface area contributed by atoms with E-state index in [1.807, 2.05) is 0 Å². The van der Waals surface area contributed by atoms with Crippen LogP contribution in [0.1, 0.15) is 47.2 Å². The molecule has 0 atom stereocenters. The Hall–Kier alpha value is -2.22. The molecular formula is C40H44Cl2SiZr-2. The summed E-state index contributed by atoms with van der Waals surface area (Å²) in [7, 11) is 0. The predicted octanol–water partition coefficient (Wildman–Crippen LogP) is 5.60. The van der Waals surface area contributed by atoms with Gasteiger partial charge in [-0.3, -0.25) is 0 Å². The molecule has 6 aromatic carbocycles. The maximum absolute atomic E-state index is 2.34. The van der Waals surface area contributed by atoms with E-state index in [2.05, 4.69) is 152 Å². The number of halogens is 2. The van der Waals surface area contributed by atoms with Gasteiger partial charge in [0.05, 0.1) is 0 Å². The zero-order valence-corrected chi connectivity index (χ0v) is 32.4. The number of aryl methyl sites for hydroxylation is 4. The minimum absolute atomic E-state index is 0. The van der Waals surface area contributed by atoms with Crippen molar-refractivity contribution in [3.63, 3.8) is 0 Å². The van der Waals surface area contributed by atoms with Gasteiger partial charge in [-0.15, -0.1) is 69.1 Å². The van der Waals surface area contributed by atoms with E-state index in [9.17, 15) is 0 Å². The Morgan fingerprint density at radius 3 is 1.20 bits per heavy atom. The van der Waals surface area contributed by atoms with Gasteiger partial charge in [0.15, 0.2) is 0 Å². The standard InChI is InChI=1S/2C19H19.C2H6Si.2ClH.Zr/c2*1-4-15-11-16-8-6-10-18(19(16)12-15)17-9-5-7-13(2)14(17)3;1-3-2;;;/h2*5-12H,4H2,1-3H3;1-2H3;2*1H;/q2*-1;;;;+2/p-2. The Morgan fingerprint density at radius 2 is 0.864 bits per heavy atom. The molecule has 0 aliphatic heterocycles. The van der Waals surface area contributed by atoms with Crippen molar-refractivity contribution in [2.45, 2.75) is 67.5 Å². The van der Waals surface area contributed by atoms with Gasteiger partial charge in [0, 0.05) is 0 Å². The Bertz CT molecular complexity index is 1710. The van der Waals surface area contributed by atoms with Crippen molar-refractivity contribution in [1.82, 2.24) is 0 Å². The molecule has 44 heavy (non-hydrogen) atoms. The Balaban J connectivity index is 0.000000263. The van der Waals surface area contributed by atoms with Crippen LogP contribution in [0.4, 0.5) is 0 Å². The maximum atomic E-state index is 2.34. The first-order valence-electron chi connectivity index (χ1n) is 15.2. The number of hydrogen-bond donors (Lipinski definition) is 0. The minimum Gasteiger partial charge on any atom is -1.00 e. The molecule has 0 nitrogen and oxygen atoms in total. The summed E-state index contributed by atoms with van der Waals surface area (Å²) in [6, 6.07) is 35.7. The van der Waals surface area contributed by atoms with Crippen LogP contribution in [0.25, 0.3) is 43.8 Å². The van der Waals surface area contributed by atoms with Gasteiger partial charge in [-0.25, -0.2) is 0 Å². The SMILES string of the molecule is CCc1cc2c(-c3cccc(C)c3C)cccc2[cH-]1.CCc1cc2c(-c3cccc(C)c3C)cccc2[cH-]1.C[Si](C)=[Zr+2].[Cl-].[Cl-]. The largest absolute Gasteiger partial charge is 1.00 e. The van der Waals surface area contributed by atoms with Crippen molar-refractivity contribution >= 4 is 27.0 Å². The number of rotatable bonds is 4. The van der Waals surface area contributed by atoms with Crippen LogP contribution >= 0.6 is 0 Å². The minimum atomic E-state index is 0. The molecule has 0 bridgehead atoms. The first-order valence-corrected chi connectivity index (χ1v) is 21.3. The van der Waals surface area contributed by atoms with Crippen LogP contribution in [0, 0.1) is 27.7 Å². The summed E-state index contributed by atoms with van der Waals surface area (Å²) in [6.45, 7) is 17.8. The summed E-state index contributed by atoms with van der Waals surface area (Å²) < 4.78 is 0. The molecule has 0 spiro atoms. The quantitative estimate of drug-likeness (QED) is 0.165. The predicted molar refractivity (Wildman–Crippen MR) is 185 cm³/mol. The molecule has 4 heteroatoms. The van der Waals surface area contributed by atoms with E-state index in [0.29, 0.717) is 0 Å². The van der Waals surface area contributed by atoms with Crippen LogP contribution in [-0.4, -0.2) is 5.43 Å². The fraction of sp³-hybridized carbons (Fsp3) is 0.250. The summed E-state index contributed by atoms with van der Waals surface area (Å²) >= 11 is 1.74. The third-order valence-corrected chi connectivity index (χ3v) is 8.23. The van der Waals surface area contributed by atoms with Crippen molar-refractivity contribution in [1.29, 1.82) is 0 Å². The molecule has 0 saturated carbocycles. The third kappa shape index (κ3) is 8.95. The second kappa shape index (κ2) is 17.5. The first kappa shape index (κ1) is 38.0. The maximum Gasteiger partial charge on any atom is -1.00 e. The topological polar surface area (TPSA) is 0 Å². The van der Waals surface area contributed by atoms with Gasteiger partial charge in [-0.1, -0.05) is 73.5 Å². The zero-order valence-electron chi connectivity index (χ0n) is 27.4. The second-order valence-corrected chi connectivity index (χ2v) is 20.9. The van der Waals surface area contributed by atoms with Crippen molar-refractivity contribution in [2.75, 3.05) is 0 Å². The molecule has 0 aliphatic rings. The monoisotopic (exact) mass is 712 g/mol. The molecule has 6 rings (SSSR count). The molecule has 0 N–H and O–H groups in total. The van der Waals surface area contributed by atoms with E-state index in [1.54, 1.807) is 23.3 Å². The smallest absolute Gasteiger partial charge is 1.00 e. The van der Waals surface area contributed by atoms with E-state index >= 15 is 0 Å². The van der Waals surface area contributed by atoms with E-state index in [-0.39, 0.29) is 30.2 Å². The molecule has 0 unspecified atom stereocenters. The normalized spacial score (nSPS) is 10.2. The Labute approximate surface area is 293 Å². The number of hydrogen-bond acceptors (Lipinski definition) is 0. The van der Waals surface area contributed by atoms with E-state index in [4.69, 9.17) is 0 Å². The van der Waals surface area contributed by atoms with Gasteiger partial charge >= 0.3 is 41.9 Å². The van der Waals surface area contributed by atoms with E-state index in [1.165, 1.54) is 77.2 Å². The summed E-state index contributed by atoms with van der Waals surface area (Å²) in [6.07, 6.45) is 2.20. The molecule has 6 aromatic rings. The van der Waals surface area contributed by atoms with Crippen LogP contribution < -0.4 is 24.8 Å². The van der Waals surface area contributed by atoms with Crippen LogP contribution in [0.2, 0.25) is 13.1 Å². The first-order chi connectivity index (χ1) is 20.1. The van der Waals surface area contributed by atoms with Gasteiger partial charge in [-0.2, -0.15) is 12.1 Å². The second-order valence-electron chi connectivity index (χ2n) is 11.5. The van der Waals surface area contributed by atoms with E-state index in [0.717, 1.165) is 12.8 Å². The molecule has 228 valence electrons. The van der Waals surface area contributed by atoms with Crippen LogP contribution in [-0.2, 0) is 36.2 Å². The number of benzene rings is 4. The van der Waals surface area contributed by atoms with Gasteiger partial charge in [0.25, 0.3) is 0 Å². The molecule has 0 aliphatic carbocycles. The fourth-order valence-electron chi connectivity index (χ4n) is 5.56. The Kier molecular flexibility index (Phi) is 15.1. The van der Waals surface area contributed by atoms with Crippen molar-refractivity contribution < 1.29 is 48.1 Å².